The number of amides is 1. The maximum atomic E-state index is 12.4. The Bertz CT molecular complexity index is 620. The summed E-state index contributed by atoms with van der Waals surface area (Å²) in [6, 6.07) is 0. The number of fused-ring (bicyclic) bond motifs is 1. The van der Waals surface area contributed by atoms with E-state index >= 15 is 0 Å². The second kappa shape index (κ2) is 7.73. The number of thiophene rings is 1. The van der Waals surface area contributed by atoms with E-state index < -0.39 is 5.97 Å². The molecular weight excluding hydrogens is 314 g/mol. The monoisotopic (exact) mass is 337 g/mol. The molecular formula is C17H23NO4S. The third-order valence-corrected chi connectivity index (χ3v) is 5.15. The standard InChI is InChI=1S/C17H23NO4S/c1-4-6-7-11-8-12-14(17(21)22-5-2)16(18-10(3)19)23-15(12)13(20)9-11/h11H,4-9H2,1-3H3,(H,18,19). The minimum atomic E-state index is -0.460. The maximum absolute atomic E-state index is 12.4. The van der Waals surface area contributed by atoms with Gasteiger partial charge in [-0.25, -0.2) is 4.79 Å². The molecule has 1 atom stereocenters. The van der Waals surface area contributed by atoms with E-state index in [-0.39, 0.29) is 24.2 Å². The zero-order valence-corrected chi connectivity index (χ0v) is 14.7. The first kappa shape index (κ1) is 17.7. The summed E-state index contributed by atoms with van der Waals surface area (Å²) in [6.07, 6.45) is 4.36. The predicted octanol–water partition coefficient (Wildman–Crippen LogP) is 3.82. The number of ketones is 1. The van der Waals surface area contributed by atoms with Crippen molar-refractivity contribution in [3.63, 3.8) is 0 Å². The SMILES string of the molecule is CCCCC1CC(=O)c2sc(NC(C)=O)c(C(=O)OCC)c2C1. The van der Waals surface area contributed by atoms with Gasteiger partial charge in [-0.1, -0.05) is 19.8 Å². The molecule has 0 spiro atoms. The van der Waals surface area contributed by atoms with Gasteiger partial charge in [0, 0.05) is 13.3 Å². The Balaban J connectivity index is 2.40. The summed E-state index contributed by atoms with van der Waals surface area (Å²) < 4.78 is 5.13. The summed E-state index contributed by atoms with van der Waals surface area (Å²) in [5.41, 5.74) is 1.13. The lowest BCUT2D eigenvalue weighted by molar-refractivity contribution is -0.114. The van der Waals surface area contributed by atoms with Crippen molar-refractivity contribution in [2.45, 2.75) is 52.9 Å². The maximum Gasteiger partial charge on any atom is 0.341 e. The predicted molar refractivity (Wildman–Crippen MR) is 90.2 cm³/mol. The number of ether oxygens (including phenoxy) is 1. The van der Waals surface area contributed by atoms with Gasteiger partial charge in [-0.05, 0) is 31.2 Å². The van der Waals surface area contributed by atoms with Gasteiger partial charge in [-0.3, -0.25) is 9.59 Å². The zero-order valence-electron chi connectivity index (χ0n) is 13.9. The quantitative estimate of drug-likeness (QED) is 0.801. The molecule has 1 aliphatic carbocycles. The first-order chi connectivity index (χ1) is 11.0. The van der Waals surface area contributed by atoms with E-state index in [1.54, 1.807) is 6.92 Å². The highest BCUT2D eigenvalue weighted by atomic mass is 32.1. The van der Waals surface area contributed by atoms with Crippen molar-refractivity contribution in [2.24, 2.45) is 5.92 Å². The molecule has 1 aromatic heterocycles. The van der Waals surface area contributed by atoms with Crippen LogP contribution in [0.25, 0.3) is 0 Å². The second-order valence-corrected chi connectivity index (χ2v) is 6.88. The van der Waals surface area contributed by atoms with Crippen LogP contribution < -0.4 is 5.32 Å². The van der Waals surface area contributed by atoms with Crippen LogP contribution in [0, 0.1) is 5.92 Å². The van der Waals surface area contributed by atoms with Crippen LogP contribution in [0.15, 0.2) is 0 Å². The molecule has 1 N–H and O–H groups in total. The number of Topliss-reactive ketones (excluding diaryl/α,β-unsaturated/α-hetero) is 1. The molecule has 0 saturated heterocycles. The van der Waals surface area contributed by atoms with Crippen LogP contribution in [0.1, 0.15) is 72.0 Å². The fraction of sp³-hybridized carbons (Fsp3) is 0.588. The van der Waals surface area contributed by atoms with Crippen LogP contribution in [0.5, 0.6) is 0 Å². The number of anilines is 1. The molecule has 0 fully saturated rings. The van der Waals surface area contributed by atoms with E-state index in [4.69, 9.17) is 4.74 Å². The molecule has 0 aliphatic heterocycles. The summed E-state index contributed by atoms with van der Waals surface area (Å²) in [5.74, 6) is -0.385. The van der Waals surface area contributed by atoms with Crippen molar-refractivity contribution in [3.05, 3.63) is 16.0 Å². The molecule has 5 nitrogen and oxygen atoms in total. The smallest absolute Gasteiger partial charge is 0.341 e. The number of carbonyl (C=O) groups is 3. The molecule has 1 aliphatic rings. The second-order valence-electron chi connectivity index (χ2n) is 5.86. The number of esters is 1. The van der Waals surface area contributed by atoms with Gasteiger partial charge < -0.3 is 10.1 Å². The van der Waals surface area contributed by atoms with Crippen LogP contribution in [0.2, 0.25) is 0 Å². The molecule has 0 saturated carbocycles. The molecule has 23 heavy (non-hydrogen) atoms. The van der Waals surface area contributed by atoms with Gasteiger partial charge >= 0.3 is 5.97 Å². The Morgan fingerprint density at radius 1 is 1.30 bits per heavy atom. The average Bonchev–Trinajstić information content (AvgIpc) is 2.83. The Labute approximate surface area is 140 Å². The average molecular weight is 337 g/mol. The molecule has 6 heteroatoms. The highest BCUT2D eigenvalue weighted by Crippen LogP contribution is 2.41. The summed E-state index contributed by atoms with van der Waals surface area (Å²) in [5, 5.41) is 3.11. The van der Waals surface area contributed by atoms with E-state index in [0.29, 0.717) is 28.3 Å². The Morgan fingerprint density at radius 2 is 2.04 bits per heavy atom. The summed E-state index contributed by atoms with van der Waals surface area (Å²) in [4.78, 5) is 36.8. The molecule has 2 rings (SSSR count). The van der Waals surface area contributed by atoms with Gasteiger partial charge in [-0.15, -0.1) is 11.3 Å². The van der Waals surface area contributed by atoms with E-state index in [2.05, 4.69) is 12.2 Å². The van der Waals surface area contributed by atoms with Gasteiger partial charge in [-0.2, -0.15) is 0 Å². The van der Waals surface area contributed by atoms with Crippen molar-refractivity contribution in [2.75, 3.05) is 11.9 Å². The molecule has 0 aromatic carbocycles. The molecule has 1 heterocycles. The fourth-order valence-electron chi connectivity index (χ4n) is 2.96. The van der Waals surface area contributed by atoms with Gasteiger partial charge in [0.15, 0.2) is 5.78 Å². The van der Waals surface area contributed by atoms with Crippen LogP contribution >= 0.6 is 11.3 Å². The van der Waals surface area contributed by atoms with Crippen LogP contribution in [-0.2, 0) is 16.0 Å². The van der Waals surface area contributed by atoms with Crippen molar-refractivity contribution in [1.29, 1.82) is 0 Å². The summed E-state index contributed by atoms with van der Waals surface area (Å²) >= 11 is 1.20. The number of carbonyl (C=O) groups excluding carboxylic acids is 3. The van der Waals surface area contributed by atoms with Crippen LogP contribution in [-0.4, -0.2) is 24.3 Å². The van der Waals surface area contributed by atoms with Crippen LogP contribution in [0.4, 0.5) is 5.00 Å². The number of hydrogen-bond acceptors (Lipinski definition) is 5. The normalized spacial score (nSPS) is 16.8. The molecule has 0 radical (unpaired) electrons. The fourth-order valence-corrected chi connectivity index (χ4v) is 4.18. The number of nitrogens with one attached hydrogen (secondary N) is 1. The van der Waals surface area contributed by atoms with Gasteiger partial charge in [0.25, 0.3) is 0 Å². The zero-order chi connectivity index (χ0) is 17.0. The first-order valence-electron chi connectivity index (χ1n) is 8.11. The molecule has 0 bridgehead atoms. The van der Waals surface area contributed by atoms with Crippen LogP contribution in [0.3, 0.4) is 0 Å². The number of hydrogen-bond donors (Lipinski definition) is 1. The van der Waals surface area contributed by atoms with Gasteiger partial charge in [0.1, 0.15) is 5.00 Å². The molecule has 1 unspecified atom stereocenters. The Morgan fingerprint density at radius 3 is 2.65 bits per heavy atom. The highest BCUT2D eigenvalue weighted by Gasteiger charge is 2.34. The van der Waals surface area contributed by atoms with Crippen molar-refractivity contribution < 1.29 is 19.1 Å². The largest absolute Gasteiger partial charge is 0.462 e. The number of rotatable bonds is 6. The molecule has 1 amide bonds. The number of unbranched alkanes of at least 4 members (excludes halogenated alkanes) is 1. The Kier molecular flexibility index (Phi) is 5.93. The van der Waals surface area contributed by atoms with E-state index in [1.807, 2.05) is 0 Å². The van der Waals surface area contributed by atoms with Gasteiger partial charge in [0.05, 0.1) is 17.0 Å². The summed E-state index contributed by atoms with van der Waals surface area (Å²) in [6.45, 7) is 5.51. The molecule has 1 aromatic rings. The third kappa shape index (κ3) is 3.99. The minimum Gasteiger partial charge on any atom is -0.462 e. The van der Waals surface area contributed by atoms with Gasteiger partial charge in [0.2, 0.25) is 5.91 Å². The third-order valence-electron chi connectivity index (χ3n) is 3.96. The van der Waals surface area contributed by atoms with Crippen molar-refractivity contribution >= 4 is 34.0 Å². The summed E-state index contributed by atoms with van der Waals surface area (Å²) in [7, 11) is 0. The lowest BCUT2D eigenvalue weighted by Crippen LogP contribution is -2.21. The van der Waals surface area contributed by atoms with E-state index in [9.17, 15) is 14.4 Å². The Hall–Kier alpha value is -1.69. The first-order valence-corrected chi connectivity index (χ1v) is 8.93. The minimum absolute atomic E-state index is 0.0690. The van der Waals surface area contributed by atoms with Crippen molar-refractivity contribution in [1.82, 2.24) is 0 Å². The lowest BCUT2D eigenvalue weighted by Gasteiger charge is -2.21. The molecule has 126 valence electrons. The topological polar surface area (TPSA) is 72.5 Å². The van der Waals surface area contributed by atoms with E-state index in [0.717, 1.165) is 24.8 Å². The lowest BCUT2D eigenvalue weighted by atomic mass is 9.83. The highest BCUT2D eigenvalue weighted by molar-refractivity contribution is 7.18. The van der Waals surface area contributed by atoms with E-state index in [1.165, 1.54) is 18.3 Å². The van der Waals surface area contributed by atoms with Crippen molar-refractivity contribution in [3.8, 4) is 0 Å².